The summed E-state index contributed by atoms with van der Waals surface area (Å²) in [5.74, 6) is 0.814. The molecule has 0 aliphatic heterocycles. The molecule has 0 saturated carbocycles. The van der Waals surface area contributed by atoms with Crippen LogP contribution in [-0.4, -0.2) is 23.8 Å². The lowest BCUT2D eigenvalue weighted by molar-refractivity contribution is 0.152. The molecular formula is C11H25NO. The van der Waals surface area contributed by atoms with E-state index in [1.165, 1.54) is 19.3 Å². The Bertz CT molecular complexity index is 113. The topological polar surface area (TPSA) is 32.3 Å². The highest BCUT2D eigenvalue weighted by Gasteiger charge is 2.06. The minimum Gasteiger partial charge on any atom is -0.392 e. The van der Waals surface area contributed by atoms with Crippen LogP contribution in [0.3, 0.4) is 0 Å². The zero-order valence-corrected chi connectivity index (χ0v) is 9.51. The lowest BCUT2D eigenvalue weighted by Gasteiger charge is -2.16. The molecular weight excluding hydrogens is 162 g/mol. The molecule has 2 nitrogen and oxygen atoms in total. The molecule has 0 aromatic carbocycles. The second-order valence-electron chi connectivity index (χ2n) is 4.37. The van der Waals surface area contributed by atoms with E-state index < -0.39 is 0 Å². The summed E-state index contributed by atoms with van der Waals surface area (Å²) in [6.07, 6.45) is 3.57. The first-order chi connectivity index (χ1) is 6.04. The van der Waals surface area contributed by atoms with E-state index in [-0.39, 0.29) is 12.1 Å². The first-order valence-electron chi connectivity index (χ1n) is 5.45. The van der Waals surface area contributed by atoms with Gasteiger partial charge in [0.05, 0.1) is 6.10 Å². The van der Waals surface area contributed by atoms with Gasteiger partial charge in [-0.2, -0.15) is 0 Å². The number of rotatable bonds is 7. The Kier molecular flexibility index (Phi) is 7.29. The fraction of sp³-hybridized carbons (Fsp3) is 1.00. The molecule has 0 radical (unpaired) electrons. The monoisotopic (exact) mass is 187 g/mol. The molecule has 0 aliphatic rings. The highest BCUT2D eigenvalue weighted by Crippen LogP contribution is 2.05. The van der Waals surface area contributed by atoms with Gasteiger partial charge in [0.2, 0.25) is 0 Å². The molecule has 0 heterocycles. The molecule has 0 amide bonds. The fourth-order valence-electron chi connectivity index (χ4n) is 1.18. The molecule has 0 rings (SSSR count). The normalized spacial score (nSPS) is 16.2. The van der Waals surface area contributed by atoms with Crippen molar-refractivity contribution in [3.8, 4) is 0 Å². The molecule has 0 aliphatic carbocycles. The Morgan fingerprint density at radius 2 is 1.69 bits per heavy atom. The van der Waals surface area contributed by atoms with Crippen molar-refractivity contribution in [2.24, 2.45) is 5.92 Å². The van der Waals surface area contributed by atoms with Crippen LogP contribution < -0.4 is 5.32 Å². The van der Waals surface area contributed by atoms with Gasteiger partial charge >= 0.3 is 0 Å². The summed E-state index contributed by atoms with van der Waals surface area (Å²) in [6.45, 7) is 9.38. The second-order valence-corrected chi connectivity index (χ2v) is 4.37. The SMILES string of the molecule is CC(C)CCCCNC(C)C(C)O. The smallest absolute Gasteiger partial charge is 0.0662 e. The second kappa shape index (κ2) is 7.34. The van der Waals surface area contributed by atoms with Crippen LogP contribution >= 0.6 is 0 Å². The van der Waals surface area contributed by atoms with Crippen LogP contribution in [0.5, 0.6) is 0 Å². The number of hydrogen-bond acceptors (Lipinski definition) is 2. The van der Waals surface area contributed by atoms with Gasteiger partial charge in [0, 0.05) is 6.04 Å². The van der Waals surface area contributed by atoms with Crippen molar-refractivity contribution in [2.75, 3.05) is 6.54 Å². The maximum Gasteiger partial charge on any atom is 0.0662 e. The summed E-state index contributed by atoms with van der Waals surface area (Å²) < 4.78 is 0. The Morgan fingerprint density at radius 3 is 2.15 bits per heavy atom. The summed E-state index contributed by atoms with van der Waals surface area (Å²) in [5.41, 5.74) is 0. The largest absolute Gasteiger partial charge is 0.392 e. The van der Waals surface area contributed by atoms with Gasteiger partial charge in [0.1, 0.15) is 0 Å². The van der Waals surface area contributed by atoms with Crippen LogP contribution in [0.15, 0.2) is 0 Å². The third-order valence-corrected chi connectivity index (χ3v) is 2.40. The Labute approximate surface area is 82.7 Å². The van der Waals surface area contributed by atoms with Gasteiger partial charge in [0.25, 0.3) is 0 Å². The van der Waals surface area contributed by atoms with E-state index in [4.69, 9.17) is 0 Å². The highest BCUT2D eigenvalue weighted by molar-refractivity contribution is 4.65. The fourth-order valence-corrected chi connectivity index (χ4v) is 1.18. The Hall–Kier alpha value is -0.0800. The summed E-state index contributed by atoms with van der Waals surface area (Å²) in [6, 6.07) is 0.221. The van der Waals surface area contributed by atoms with E-state index in [0.717, 1.165) is 12.5 Å². The molecule has 2 unspecified atom stereocenters. The number of nitrogens with one attached hydrogen (secondary N) is 1. The Morgan fingerprint density at radius 1 is 1.08 bits per heavy atom. The molecule has 13 heavy (non-hydrogen) atoms. The average Bonchev–Trinajstić information content (AvgIpc) is 2.02. The van der Waals surface area contributed by atoms with Crippen LogP contribution in [0.4, 0.5) is 0 Å². The number of aliphatic hydroxyl groups is 1. The molecule has 0 fully saturated rings. The molecule has 2 heteroatoms. The van der Waals surface area contributed by atoms with Crippen molar-refractivity contribution in [3.63, 3.8) is 0 Å². The van der Waals surface area contributed by atoms with Crippen LogP contribution in [-0.2, 0) is 0 Å². The number of unbranched alkanes of at least 4 members (excludes halogenated alkanes) is 1. The van der Waals surface area contributed by atoms with Gasteiger partial charge in [-0.3, -0.25) is 0 Å². The minimum absolute atomic E-state index is 0.221. The van der Waals surface area contributed by atoms with Crippen molar-refractivity contribution in [3.05, 3.63) is 0 Å². The van der Waals surface area contributed by atoms with E-state index in [2.05, 4.69) is 19.2 Å². The van der Waals surface area contributed by atoms with Crippen molar-refractivity contribution in [1.29, 1.82) is 0 Å². The number of hydrogen-bond donors (Lipinski definition) is 2. The zero-order chi connectivity index (χ0) is 10.3. The van der Waals surface area contributed by atoms with Crippen molar-refractivity contribution in [2.45, 2.75) is 59.1 Å². The molecule has 0 saturated heterocycles. The van der Waals surface area contributed by atoms with Crippen molar-refractivity contribution in [1.82, 2.24) is 5.32 Å². The molecule has 80 valence electrons. The first-order valence-corrected chi connectivity index (χ1v) is 5.45. The maximum absolute atomic E-state index is 9.20. The lowest BCUT2D eigenvalue weighted by atomic mass is 10.1. The predicted molar refractivity (Wildman–Crippen MR) is 57.8 cm³/mol. The van der Waals surface area contributed by atoms with Gasteiger partial charge < -0.3 is 10.4 Å². The predicted octanol–water partition coefficient (Wildman–Crippen LogP) is 2.17. The molecule has 0 bridgehead atoms. The van der Waals surface area contributed by atoms with Crippen LogP contribution in [0.25, 0.3) is 0 Å². The van der Waals surface area contributed by atoms with E-state index in [9.17, 15) is 5.11 Å². The van der Waals surface area contributed by atoms with Crippen LogP contribution in [0.2, 0.25) is 0 Å². The zero-order valence-electron chi connectivity index (χ0n) is 9.51. The van der Waals surface area contributed by atoms with Crippen LogP contribution in [0.1, 0.15) is 47.0 Å². The molecule has 2 atom stereocenters. The highest BCUT2D eigenvalue weighted by atomic mass is 16.3. The van der Waals surface area contributed by atoms with E-state index in [1.54, 1.807) is 0 Å². The first kappa shape index (κ1) is 12.9. The lowest BCUT2D eigenvalue weighted by Crippen LogP contribution is -2.35. The third-order valence-electron chi connectivity index (χ3n) is 2.40. The molecule has 0 spiro atoms. The van der Waals surface area contributed by atoms with Gasteiger partial charge in [0.15, 0.2) is 0 Å². The van der Waals surface area contributed by atoms with Gasteiger partial charge in [-0.15, -0.1) is 0 Å². The molecule has 0 aromatic rings. The third kappa shape index (κ3) is 8.26. The summed E-state index contributed by atoms with van der Waals surface area (Å²) in [4.78, 5) is 0. The summed E-state index contributed by atoms with van der Waals surface area (Å²) >= 11 is 0. The Balaban J connectivity index is 3.16. The van der Waals surface area contributed by atoms with Crippen molar-refractivity contribution >= 4 is 0 Å². The quantitative estimate of drug-likeness (QED) is 0.599. The maximum atomic E-state index is 9.20. The van der Waals surface area contributed by atoms with Gasteiger partial charge in [-0.25, -0.2) is 0 Å². The number of aliphatic hydroxyl groups excluding tert-OH is 1. The van der Waals surface area contributed by atoms with E-state index >= 15 is 0 Å². The van der Waals surface area contributed by atoms with E-state index in [1.807, 2.05) is 13.8 Å². The summed E-state index contributed by atoms with van der Waals surface area (Å²) in [5, 5.41) is 12.5. The standard InChI is InChI=1S/C11H25NO/c1-9(2)7-5-6-8-12-10(3)11(4)13/h9-13H,5-8H2,1-4H3. The van der Waals surface area contributed by atoms with Crippen LogP contribution in [0, 0.1) is 5.92 Å². The minimum atomic E-state index is -0.245. The van der Waals surface area contributed by atoms with E-state index in [0.29, 0.717) is 0 Å². The van der Waals surface area contributed by atoms with Crippen molar-refractivity contribution < 1.29 is 5.11 Å². The summed E-state index contributed by atoms with van der Waals surface area (Å²) in [7, 11) is 0. The van der Waals surface area contributed by atoms with Gasteiger partial charge in [-0.1, -0.05) is 26.7 Å². The molecule has 2 N–H and O–H groups in total. The van der Waals surface area contributed by atoms with Gasteiger partial charge in [-0.05, 0) is 32.7 Å². The molecule has 0 aromatic heterocycles. The average molecular weight is 187 g/mol.